The van der Waals surface area contributed by atoms with Crippen molar-refractivity contribution in [3.8, 4) is 17.2 Å². The molecule has 0 fully saturated rings. The Balaban J connectivity index is 1.79. The highest BCUT2D eigenvalue weighted by Gasteiger charge is 2.14. The summed E-state index contributed by atoms with van der Waals surface area (Å²) < 4.78 is 0. The maximum atomic E-state index is 10.8. The number of nitrogens with one attached hydrogen (secondary N) is 1. The normalized spacial score (nSPS) is 11.4. The number of anilines is 1. The van der Waals surface area contributed by atoms with E-state index in [4.69, 9.17) is 0 Å². The topological polar surface area (TPSA) is 91.8 Å². The maximum Gasteiger partial charge on any atom is 0.289 e. The molecule has 0 saturated carbocycles. The Morgan fingerprint density at radius 3 is 2.38 bits per heavy atom. The zero-order valence-corrected chi connectivity index (χ0v) is 14.1. The molecule has 128 valence electrons. The second-order valence-corrected chi connectivity index (χ2v) is 5.81. The highest BCUT2D eigenvalue weighted by atomic mass is 16.6. The third-order valence-electron chi connectivity index (χ3n) is 4.08. The predicted octanol–water partition coefficient (Wildman–Crippen LogP) is 4.70. The van der Waals surface area contributed by atoms with Gasteiger partial charge in [0.2, 0.25) is 0 Å². The van der Waals surface area contributed by atoms with Gasteiger partial charge in [-0.25, -0.2) is 4.98 Å². The Morgan fingerprint density at radius 2 is 1.77 bits per heavy atom. The van der Waals surface area contributed by atoms with Gasteiger partial charge >= 0.3 is 0 Å². The summed E-state index contributed by atoms with van der Waals surface area (Å²) in [5.74, 6) is 0.331. The number of rotatable bonds is 5. The first-order valence-electron chi connectivity index (χ1n) is 8.05. The molecule has 1 atom stereocenters. The summed E-state index contributed by atoms with van der Waals surface area (Å²) in [6.45, 7) is 1.95. The first-order valence-corrected chi connectivity index (χ1v) is 8.05. The molecule has 0 unspecified atom stereocenters. The molecule has 26 heavy (non-hydrogen) atoms. The number of aromatic nitrogens is 1. The quantitative estimate of drug-likeness (QED) is 0.535. The highest BCUT2D eigenvalue weighted by molar-refractivity contribution is 5.64. The van der Waals surface area contributed by atoms with Crippen molar-refractivity contribution in [2.24, 2.45) is 0 Å². The molecule has 0 aliphatic heterocycles. The van der Waals surface area contributed by atoms with E-state index in [9.17, 15) is 15.4 Å². The molecule has 0 aliphatic carbocycles. The number of nitriles is 1. The lowest BCUT2D eigenvalue weighted by Crippen LogP contribution is -2.09. The van der Waals surface area contributed by atoms with Gasteiger partial charge in [0.1, 0.15) is 23.6 Å². The number of benzene rings is 2. The van der Waals surface area contributed by atoms with Crippen molar-refractivity contribution in [3.05, 3.63) is 88.1 Å². The first-order chi connectivity index (χ1) is 12.6. The van der Waals surface area contributed by atoms with Crippen molar-refractivity contribution in [2.75, 3.05) is 5.32 Å². The summed E-state index contributed by atoms with van der Waals surface area (Å²) in [7, 11) is 0. The summed E-state index contributed by atoms with van der Waals surface area (Å²) in [6.07, 6.45) is 1.15. The lowest BCUT2D eigenvalue weighted by Gasteiger charge is -2.16. The van der Waals surface area contributed by atoms with E-state index >= 15 is 0 Å². The number of nitrogens with zero attached hydrogens (tertiary/aromatic N) is 3. The van der Waals surface area contributed by atoms with E-state index in [2.05, 4.69) is 22.4 Å². The van der Waals surface area contributed by atoms with Crippen molar-refractivity contribution in [1.82, 2.24) is 4.98 Å². The van der Waals surface area contributed by atoms with Crippen LogP contribution in [-0.4, -0.2) is 9.91 Å². The fourth-order valence-electron chi connectivity index (χ4n) is 2.64. The fraction of sp³-hybridized carbons (Fsp3) is 0.100. The van der Waals surface area contributed by atoms with Crippen LogP contribution in [0.5, 0.6) is 0 Å². The van der Waals surface area contributed by atoms with Crippen molar-refractivity contribution in [3.63, 3.8) is 0 Å². The summed E-state index contributed by atoms with van der Waals surface area (Å²) in [5.41, 5.74) is 3.23. The molecule has 1 aromatic heterocycles. The van der Waals surface area contributed by atoms with Gasteiger partial charge in [-0.2, -0.15) is 5.26 Å². The molecule has 3 rings (SSSR count). The molecule has 0 aliphatic rings. The molecule has 0 amide bonds. The average molecular weight is 344 g/mol. The second kappa shape index (κ2) is 7.45. The van der Waals surface area contributed by atoms with E-state index in [0.29, 0.717) is 5.82 Å². The number of hydrogen-bond acceptors (Lipinski definition) is 5. The third-order valence-corrected chi connectivity index (χ3v) is 4.08. The van der Waals surface area contributed by atoms with E-state index in [-0.39, 0.29) is 17.3 Å². The molecule has 2 aromatic carbocycles. The van der Waals surface area contributed by atoms with Crippen LogP contribution in [0.3, 0.4) is 0 Å². The van der Waals surface area contributed by atoms with Crippen molar-refractivity contribution in [1.29, 1.82) is 5.26 Å². The highest BCUT2D eigenvalue weighted by Crippen LogP contribution is 2.25. The molecule has 1 N–H and O–H groups in total. The summed E-state index contributed by atoms with van der Waals surface area (Å²) in [5, 5.41) is 23.2. The molecule has 1 heterocycles. The minimum absolute atomic E-state index is 0.110. The molecular weight excluding hydrogens is 328 g/mol. The molecule has 0 saturated heterocycles. The molecule has 6 nitrogen and oxygen atoms in total. The van der Waals surface area contributed by atoms with Crippen LogP contribution in [0.25, 0.3) is 11.1 Å². The minimum Gasteiger partial charge on any atom is -0.362 e. The lowest BCUT2D eigenvalue weighted by atomic mass is 10.0. The summed E-state index contributed by atoms with van der Waals surface area (Å²) >= 11 is 0. The van der Waals surface area contributed by atoms with Crippen molar-refractivity contribution < 1.29 is 4.92 Å². The molecule has 0 bridgehead atoms. The van der Waals surface area contributed by atoms with Gasteiger partial charge in [0.15, 0.2) is 0 Å². The first kappa shape index (κ1) is 17.1. The Labute approximate surface area is 150 Å². The van der Waals surface area contributed by atoms with Gasteiger partial charge < -0.3 is 5.32 Å². The van der Waals surface area contributed by atoms with E-state index in [1.165, 1.54) is 6.07 Å². The number of nitro groups is 1. The van der Waals surface area contributed by atoms with Gasteiger partial charge in [-0.1, -0.05) is 54.6 Å². The van der Waals surface area contributed by atoms with Crippen LogP contribution in [0.1, 0.15) is 24.1 Å². The SMILES string of the molecule is C[C@@H](Nc1ncc([N+](=O)[O-])cc1C#N)c1ccc(-c2ccccc2)cc1. The van der Waals surface area contributed by atoms with Crippen LogP contribution >= 0.6 is 0 Å². The van der Waals surface area contributed by atoms with Gasteiger partial charge in [-0.05, 0) is 23.6 Å². The third kappa shape index (κ3) is 3.68. The Hall–Kier alpha value is -3.72. The van der Waals surface area contributed by atoms with E-state index < -0.39 is 4.92 Å². The average Bonchev–Trinajstić information content (AvgIpc) is 2.69. The zero-order valence-electron chi connectivity index (χ0n) is 14.1. The molecule has 0 spiro atoms. The van der Waals surface area contributed by atoms with Gasteiger partial charge in [0, 0.05) is 12.1 Å². The molecular formula is C20H16N4O2. The summed E-state index contributed by atoms with van der Waals surface area (Å²) in [6, 6.07) is 21.2. The van der Waals surface area contributed by atoms with Crippen LogP contribution in [0.15, 0.2) is 66.9 Å². The van der Waals surface area contributed by atoms with E-state index in [1.807, 2.05) is 55.5 Å². The van der Waals surface area contributed by atoms with Crippen LogP contribution < -0.4 is 5.32 Å². The smallest absolute Gasteiger partial charge is 0.289 e. The predicted molar refractivity (Wildman–Crippen MR) is 99.5 cm³/mol. The van der Waals surface area contributed by atoms with Crippen LogP contribution in [0.4, 0.5) is 11.5 Å². The van der Waals surface area contributed by atoms with E-state index in [1.54, 1.807) is 0 Å². The second-order valence-electron chi connectivity index (χ2n) is 5.81. The lowest BCUT2D eigenvalue weighted by molar-refractivity contribution is -0.385. The van der Waals surface area contributed by atoms with E-state index in [0.717, 1.165) is 22.9 Å². The number of pyridine rings is 1. The van der Waals surface area contributed by atoms with Gasteiger partial charge in [-0.3, -0.25) is 10.1 Å². The Kier molecular flexibility index (Phi) is 4.90. The largest absolute Gasteiger partial charge is 0.362 e. The maximum absolute atomic E-state index is 10.8. The van der Waals surface area contributed by atoms with Crippen molar-refractivity contribution >= 4 is 11.5 Å². The molecule has 6 heteroatoms. The molecule has 0 radical (unpaired) electrons. The van der Waals surface area contributed by atoms with Gasteiger partial charge in [-0.15, -0.1) is 0 Å². The van der Waals surface area contributed by atoms with Crippen LogP contribution in [0.2, 0.25) is 0 Å². The van der Waals surface area contributed by atoms with Gasteiger partial charge in [0.05, 0.1) is 4.92 Å². The van der Waals surface area contributed by atoms with Crippen LogP contribution in [0, 0.1) is 21.4 Å². The van der Waals surface area contributed by atoms with Crippen LogP contribution in [-0.2, 0) is 0 Å². The standard InChI is InChI=1S/C20H16N4O2/c1-14(23-20-18(12-21)11-19(13-22-20)24(25)26)15-7-9-17(10-8-15)16-5-3-2-4-6-16/h2-11,13-14H,1H3,(H,22,23)/t14-/m1/s1. The monoisotopic (exact) mass is 344 g/mol. The minimum atomic E-state index is -0.566. The fourth-order valence-corrected chi connectivity index (χ4v) is 2.64. The zero-order chi connectivity index (χ0) is 18.5. The van der Waals surface area contributed by atoms with Crippen molar-refractivity contribution in [2.45, 2.75) is 13.0 Å². The summed E-state index contributed by atoms with van der Waals surface area (Å²) in [4.78, 5) is 14.3. The Bertz CT molecular complexity index is 963. The number of hydrogen-bond donors (Lipinski definition) is 1. The Morgan fingerprint density at radius 1 is 1.12 bits per heavy atom. The van der Waals surface area contributed by atoms with Gasteiger partial charge in [0.25, 0.3) is 5.69 Å². The molecule has 3 aromatic rings.